The second-order valence-electron chi connectivity index (χ2n) is 5.88. The molecule has 0 fully saturated rings. The number of anilines is 1. The SMILES string of the molecule is CCC#CCOc1ccc(CCC(=O)Nc2ccccc2C(=O)O)cc1OC. The Labute approximate surface area is 164 Å². The molecule has 146 valence electrons. The molecule has 28 heavy (non-hydrogen) atoms. The van der Waals surface area contributed by atoms with Crippen LogP contribution in [0.25, 0.3) is 0 Å². The van der Waals surface area contributed by atoms with Crippen LogP contribution in [-0.4, -0.2) is 30.7 Å². The van der Waals surface area contributed by atoms with Gasteiger partial charge in [-0.2, -0.15) is 0 Å². The summed E-state index contributed by atoms with van der Waals surface area (Å²) in [5.74, 6) is 5.66. The molecule has 0 aromatic heterocycles. The second-order valence-corrected chi connectivity index (χ2v) is 5.88. The molecule has 2 rings (SSSR count). The summed E-state index contributed by atoms with van der Waals surface area (Å²) < 4.78 is 10.9. The number of hydrogen-bond acceptors (Lipinski definition) is 4. The van der Waals surface area contributed by atoms with Crippen LogP contribution in [0.1, 0.15) is 35.7 Å². The number of carboxylic acid groups (broad SMARTS) is 1. The summed E-state index contributed by atoms with van der Waals surface area (Å²) in [5.41, 5.74) is 1.25. The first-order valence-corrected chi connectivity index (χ1v) is 8.92. The maximum atomic E-state index is 12.2. The summed E-state index contributed by atoms with van der Waals surface area (Å²) in [6.07, 6.45) is 1.46. The Morgan fingerprint density at radius 1 is 1.11 bits per heavy atom. The van der Waals surface area contributed by atoms with E-state index in [2.05, 4.69) is 17.2 Å². The van der Waals surface area contributed by atoms with Gasteiger partial charge < -0.3 is 19.9 Å². The normalized spacial score (nSPS) is 9.79. The van der Waals surface area contributed by atoms with Crippen LogP contribution in [-0.2, 0) is 11.2 Å². The Balaban J connectivity index is 1.96. The van der Waals surface area contributed by atoms with E-state index in [1.165, 1.54) is 6.07 Å². The van der Waals surface area contributed by atoms with E-state index >= 15 is 0 Å². The number of hydrogen-bond donors (Lipinski definition) is 2. The topological polar surface area (TPSA) is 84.9 Å². The average Bonchev–Trinajstić information content (AvgIpc) is 2.70. The number of ether oxygens (including phenoxy) is 2. The van der Waals surface area contributed by atoms with Crippen molar-refractivity contribution in [2.24, 2.45) is 0 Å². The zero-order valence-electron chi connectivity index (χ0n) is 16.0. The molecule has 0 radical (unpaired) electrons. The molecule has 0 aliphatic carbocycles. The predicted molar refractivity (Wildman–Crippen MR) is 107 cm³/mol. The highest BCUT2D eigenvalue weighted by molar-refractivity contribution is 6.00. The molecule has 0 heterocycles. The van der Waals surface area contributed by atoms with Crippen molar-refractivity contribution in [3.8, 4) is 23.3 Å². The van der Waals surface area contributed by atoms with Crippen LogP contribution in [0.5, 0.6) is 11.5 Å². The van der Waals surface area contributed by atoms with Gasteiger partial charge in [0.25, 0.3) is 0 Å². The number of carboxylic acids is 1. The molecule has 0 saturated heterocycles. The van der Waals surface area contributed by atoms with Gasteiger partial charge in [-0.25, -0.2) is 4.79 Å². The predicted octanol–water partition coefficient (Wildman–Crippen LogP) is 3.76. The minimum Gasteiger partial charge on any atom is -0.493 e. The summed E-state index contributed by atoms with van der Waals surface area (Å²) in [6.45, 7) is 2.26. The van der Waals surface area contributed by atoms with Crippen LogP contribution in [0.2, 0.25) is 0 Å². The van der Waals surface area contributed by atoms with Gasteiger partial charge in [0.1, 0.15) is 6.61 Å². The fourth-order valence-electron chi connectivity index (χ4n) is 2.53. The number of carbonyl (C=O) groups is 2. The van der Waals surface area contributed by atoms with E-state index in [1.807, 2.05) is 19.1 Å². The highest BCUT2D eigenvalue weighted by atomic mass is 16.5. The molecular weight excluding hydrogens is 358 g/mol. The lowest BCUT2D eigenvalue weighted by Crippen LogP contribution is -2.15. The molecular formula is C22H23NO5. The molecule has 2 aromatic rings. The van der Waals surface area contributed by atoms with Gasteiger partial charge in [-0.1, -0.05) is 31.0 Å². The summed E-state index contributed by atoms with van der Waals surface area (Å²) >= 11 is 0. The Morgan fingerprint density at radius 3 is 2.61 bits per heavy atom. The Bertz CT molecular complexity index is 895. The second kappa shape index (κ2) is 10.6. The van der Waals surface area contributed by atoms with Crippen molar-refractivity contribution in [1.29, 1.82) is 0 Å². The van der Waals surface area contributed by atoms with E-state index in [1.54, 1.807) is 31.4 Å². The first-order valence-electron chi connectivity index (χ1n) is 8.92. The first kappa shape index (κ1) is 20.8. The summed E-state index contributed by atoms with van der Waals surface area (Å²) in [5, 5.41) is 11.8. The van der Waals surface area contributed by atoms with Crippen molar-refractivity contribution in [1.82, 2.24) is 0 Å². The smallest absolute Gasteiger partial charge is 0.337 e. The van der Waals surface area contributed by atoms with Crippen molar-refractivity contribution >= 4 is 17.6 Å². The van der Waals surface area contributed by atoms with Gasteiger partial charge in [-0.3, -0.25) is 4.79 Å². The third-order valence-electron chi connectivity index (χ3n) is 3.90. The molecule has 2 N–H and O–H groups in total. The molecule has 1 amide bonds. The lowest BCUT2D eigenvalue weighted by atomic mass is 10.1. The fraction of sp³-hybridized carbons (Fsp3) is 0.273. The van der Waals surface area contributed by atoms with Gasteiger partial charge in [-0.15, -0.1) is 5.92 Å². The van der Waals surface area contributed by atoms with E-state index in [-0.39, 0.29) is 30.2 Å². The molecule has 6 nitrogen and oxygen atoms in total. The number of para-hydroxylation sites is 1. The average molecular weight is 381 g/mol. The van der Waals surface area contributed by atoms with Crippen molar-refractivity contribution in [3.05, 3.63) is 53.6 Å². The number of aryl methyl sites for hydroxylation is 1. The van der Waals surface area contributed by atoms with E-state index in [0.29, 0.717) is 17.9 Å². The number of rotatable bonds is 8. The number of benzene rings is 2. The number of amides is 1. The largest absolute Gasteiger partial charge is 0.493 e. The van der Waals surface area contributed by atoms with Crippen molar-refractivity contribution in [2.75, 3.05) is 19.0 Å². The Kier molecular flexibility index (Phi) is 7.92. The van der Waals surface area contributed by atoms with Gasteiger partial charge in [-0.05, 0) is 36.2 Å². The van der Waals surface area contributed by atoms with E-state index in [4.69, 9.17) is 9.47 Å². The molecule has 0 spiro atoms. The minimum absolute atomic E-state index is 0.0604. The summed E-state index contributed by atoms with van der Waals surface area (Å²) in [6, 6.07) is 11.8. The summed E-state index contributed by atoms with van der Waals surface area (Å²) in [7, 11) is 1.55. The lowest BCUT2D eigenvalue weighted by Gasteiger charge is -2.11. The highest BCUT2D eigenvalue weighted by Crippen LogP contribution is 2.28. The third kappa shape index (κ3) is 6.06. The zero-order chi connectivity index (χ0) is 20.4. The fourth-order valence-corrected chi connectivity index (χ4v) is 2.53. The van der Waals surface area contributed by atoms with Gasteiger partial charge in [0, 0.05) is 12.8 Å². The van der Waals surface area contributed by atoms with Gasteiger partial charge in [0.15, 0.2) is 11.5 Å². The standard InChI is InChI=1S/C22H23NO5/c1-3-4-7-14-28-19-12-10-16(15-20(19)27-2)11-13-21(24)23-18-9-6-5-8-17(18)22(25)26/h5-6,8-10,12,15H,3,11,13-14H2,1-2H3,(H,23,24)(H,25,26). The molecule has 0 atom stereocenters. The van der Waals surface area contributed by atoms with Crippen LogP contribution < -0.4 is 14.8 Å². The number of nitrogens with one attached hydrogen (secondary N) is 1. The summed E-state index contributed by atoms with van der Waals surface area (Å²) in [4.78, 5) is 23.4. The van der Waals surface area contributed by atoms with Gasteiger partial charge >= 0.3 is 5.97 Å². The van der Waals surface area contributed by atoms with Crippen LogP contribution in [0.3, 0.4) is 0 Å². The molecule has 0 saturated carbocycles. The van der Waals surface area contributed by atoms with Gasteiger partial charge in [0.05, 0.1) is 18.4 Å². The molecule has 6 heteroatoms. The maximum absolute atomic E-state index is 12.2. The van der Waals surface area contributed by atoms with E-state index in [0.717, 1.165) is 12.0 Å². The van der Waals surface area contributed by atoms with Gasteiger partial charge in [0.2, 0.25) is 5.91 Å². The third-order valence-corrected chi connectivity index (χ3v) is 3.90. The molecule has 0 aliphatic rings. The monoisotopic (exact) mass is 381 g/mol. The number of aromatic carboxylic acids is 1. The minimum atomic E-state index is -1.08. The zero-order valence-corrected chi connectivity index (χ0v) is 16.0. The Morgan fingerprint density at radius 2 is 1.89 bits per heavy atom. The van der Waals surface area contributed by atoms with Crippen molar-refractivity contribution in [3.63, 3.8) is 0 Å². The van der Waals surface area contributed by atoms with Crippen LogP contribution in [0.4, 0.5) is 5.69 Å². The molecule has 2 aromatic carbocycles. The first-order chi connectivity index (χ1) is 13.5. The molecule has 0 bridgehead atoms. The lowest BCUT2D eigenvalue weighted by molar-refractivity contribution is -0.116. The van der Waals surface area contributed by atoms with Crippen LogP contribution in [0, 0.1) is 11.8 Å². The molecule has 0 unspecified atom stereocenters. The highest BCUT2D eigenvalue weighted by Gasteiger charge is 2.12. The van der Waals surface area contributed by atoms with Crippen LogP contribution in [0.15, 0.2) is 42.5 Å². The maximum Gasteiger partial charge on any atom is 0.337 e. The van der Waals surface area contributed by atoms with E-state index < -0.39 is 5.97 Å². The van der Waals surface area contributed by atoms with Crippen molar-refractivity contribution in [2.45, 2.75) is 26.2 Å². The quantitative estimate of drug-likeness (QED) is 0.680. The number of methoxy groups -OCH3 is 1. The Hall–Kier alpha value is -3.46. The van der Waals surface area contributed by atoms with E-state index in [9.17, 15) is 14.7 Å². The van der Waals surface area contributed by atoms with Crippen molar-refractivity contribution < 1.29 is 24.2 Å². The number of carbonyl (C=O) groups excluding carboxylic acids is 1. The van der Waals surface area contributed by atoms with Crippen LogP contribution >= 0.6 is 0 Å². The molecule has 0 aliphatic heterocycles.